The Morgan fingerprint density at radius 1 is 1.17 bits per heavy atom. The number of nitrogens with one attached hydrogen (secondary N) is 2. The zero-order valence-corrected chi connectivity index (χ0v) is 11.7. The summed E-state index contributed by atoms with van der Waals surface area (Å²) in [7, 11) is 0. The Kier molecular flexibility index (Phi) is 5.65. The molecule has 0 aliphatic rings. The van der Waals surface area contributed by atoms with Gasteiger partial charge in [-0.05, 0) is 45.4 Å². The molecule has 0 amide bonds. The molecule has 0 aromatic heterocycles. The molecule has 4 heteroatoms. The standard InChI is InChI=1S/C14H24N4/c1-10(2)16-14(17-11(3)4)18-13-7-5-12(9-15)6-8-13/h5-8,10-11H,9,15H2,1-4H3,(H2,16,17,18). The fourth-order valence-electron chi connectivity index (χ4n) is 1.50. The van der Waals surface area contributed by atoms with Crippen LogP contribution in [0.3, 0.4) is 0 Å². The summed E-state index contributed by atoms with van der Waals surface area (Å²) >= 11 is 0. The molecular formula is C14H24N4. The van der Waals surface area contributed by atoms with Gasteiger partial charge in [-0.15, -0.1) is 0 Å². The highest BCUT2D eigenvalue weighted by Crippen LogP contribution is 2.09. The SMILES string of the molecule is CC(C)N=C(Nc1ccc(CN)cc1)NC(C)C. The molecule has 0 atom stereocenters. The number of nitrogens with two attached hydrogens (primary N) is 1. The Morgan fingerprint density at radius 2 is 1.78 bits per heavy atom. The number of hydrogen-bond acceptors (Lipinski definition) is 2. The second-order valence-corrected chi connectivity index (χ2v) is 4.90. The van der Waals surface area contributed by atoms with Crippen molar-refractivity contribution in [3.05, 3.63) is 29.8 Å². The van der Waals surface area contributed by atoms with Gasteiger partial charge in [0.15, 0.2) is 5.96 Å². The van der Waals surface area contributed by atoms with Crippen molar-refractivity contribution in [3.8, 4) is 0 Å². The average molecular weight is 248 g/mol. The summed E-state index contributed by atoms with van der Waals surface area (Å²) in [6, 6.07) is 8.66. The summed E-state index contributed by atoms with van der Waals surface area (Å²) in [6.45, 7) is 8.87. The molecule has 0 radical (unpaired) electrons. The maximum atomic E-state index is 5.58. The van der Waals surface area contributed by atoms with E-state index in [4.69, 9.17) is 5.73 Å². The van der Waals surface area contributed by atoms with Crippen LogP contribution in [0.2, 0.25) is 0 Å². The van der Waals surface area contributed by atoms with Crippen LogP contribution in [0.15, 0.2) is 29.3 Å². The van der Waals surface area contributed by atoms with E-state index in [0.29, 0.717) is 12.6 Å². The smallest absolute Gasteiger partial charge is 0.196 e. The largest absolute Gasteiger partial charge is 0.354 e. The summed E-state index contributed by atoms with van der Waals surface area (Å²) in [5.41, 5.74) is 7.71. The van der Waals surface area contributed by atoms with E-state index >= 15 is 0 Å². The molecule has 4 nitrogen and oxygen atoms in total. The van der Waals surface area contributed by atoms with Crippen molar-refractivity contribution < 1.29 is 0 Å². The van der Waals surface area contributed by atoms with Crippen LogP contribution in [-0.4, -0.2) is 18.0 Å². The van der Waals surface area contributed by atoms with Crippen LogP contribution in [0, 0.1) is 0 Å². The summed E-state index contributed by atoms with van der Waals surface area (Å²) in [4.78, 5) is 4.52. The Morgan fingerprint density at radius 3 is 2.22 bits per heavy atom. The summed E-state index contributed by atoms with van der Waals surface area (Å²) in [5.74, 6) is 0.806. The molecule has 0 heterocycles. The molecule has 0 saturated carbocycles. The Labute approximate surface area is 110 Å². The number of benzene rings is 1. The number of hydrogen-bond donors (Lipinski definition) is 3. The van der Waals surface area contributed by atoms with Gasteiger partial charge >= 0.3 is 0 Å². The normalized spacial score (nSPS) is 12.1. The van der Waals surface area contributed by atoms with Gasteiger partial charge in [-0.3, -0.25) is 4.99 Å². The molecule has 1 aromatic rings. The van der Waals surface area contributed by atoms with Crippen molar-refractivity contribution in [2.75, 3.05) is 5.32 Å². The summed E-state index contributed by atoms with van der Waals surface area (Å²) < 4.78 is 0. The van der Waals surface area contributed by atoms with E-state index < -0.39 is 0 Å². The van der Waals surface area contributed by atoms with Gasteiger partial charge in [0.25, 0.3) is 0 Å². The van der Waals surface area contributed by atoms with Crippen molar-refractivity contribution in [1.29, 1.82) is 0 Å². The van der Waals surface area contributed by atoms with Crippen LogP contribution in [0.1, 0.15) is 33.3 Å². The minimum absolute atomic E-state index is 0.252. The van der Waals surface area contributed by atoms with Crippen LogP contribution < -0.4 is 16.4 Å². The molecule has 1 aromatic carbocycles. The van der Waals surface area contributed by atoms with E-state index in [1.54, 1.807) is 0 Å². The Balaban J connectivity index is 2.75. The molecule has 0 unspecified atom stereocenters. The lowest BCUT2D eigenvalue weighted by Crippen LogP contribution is -2.36. The zero-order valence-electron chi connectivity index (χ0n) is 11.7. The second-order valence-electron chi connectivity index (χ2n) is 4.90. The van der Waals surface area contributed by atoms with Crippen molar-refractivity contribution >= 4 is 11.6 Å². The maximum Gasteiger partial charge on any atom is 0.196 e. The second kappa shape index (κ2) is 7.01. The predicted molar refractivity (Wildman–Crippen MR) is 78.8 cm³/mol. The van der Waals surface area contributed by atoms with E-state index in [-0.39, 0.29) is 6.04 Å². The molecule has 0 aliphatic carbocycles. The third-order valence-electron chi connectivity index (χ3n) is 2.27. The van der Waals surface area contributed by atoms with E-state index in [1.807, 2.05) is 24.3 Å². The van der Waals surface area contributed by atoms with Crippen LogP contribution in [0.4, 0.5) is 5.69 Å². The number of guanidine groups is 1. The minimum atomic E-state index is 0.252. The van der Waals surface area contributed by atoms with Gasteiger partial charge in [-0.2, -0.15) is 0 Å². The van der Waals surface area contributed by atoms with Gasteiger partial charge in [0.1, 0.15) is 0 Å². The van der Waals surface area contributed by atoms with E-state index in [2.05, 4.69) is 43.3 Å². The molecule has 100 valence electrons. The van der Waals surface area contributed by atoms with Gasteiger partial charge in [0.05, 0.1) is 0 Å². The van der Waals surface area contributed by atoms with Gasteiger partial charge < -0.3 is 16.4 Å². The quantitative estimate of drug-likeness (QED) is 0.566. The third-order valence-corrected chi connectivity index (χ3v) is 2.27. The molecule has 18 heavy (non-hydrogen) atoms. The van der Waals surface area contributed by atoms with Crippen LogP contribution in [-0.2, 0) is 6.54 Å². The van der Waals surface area contributed by atoms with Crippen molar-refractivity contribution in [2.24, 2.45) is 10.7 Å². The first-order valence-electron chi connectivity index (χ1n) is 6.41. The zero-order chi connectivity index (χ0) is 13.5. The minimum Gasteiger partial charge on any atom is -0.354 e. The maximum absolute atomic E-state index is 5.58. The Bertz CT molecular complexity index is 379. The van der Waals surface area contributed by atoms with Crippen molar-refractivity contribution in [2.45, 2.75) is 46.3 Å². The lowest BCUT2D eigenvalue weighted by atomic mass is 10.2. The lowest BCUT2D eigenvalue weighted by molar-refractivity contribution is 0.717. The molecule has 0 aliphatic heterocycles. The van der Waals surface area contributed by atoms with Gasteiger partial charge in [-0.25, -0.2) is 0 Å². The van der Waals surface area contributed by atoms with Gasteiger partial charge in [0.2, 0.25) is 0 Å². The molecule has 0 spiro atoms. The number of rotatable bonds is 4. The summed E-state index contributed by atoms with van der Waals surface area (Å²) in [6.07, 6.45) is 0. The van der Waals surface area contributed by atoms with Gasteiger partial charge in [0, 0.05) is 24.3 Å². The van der Waals surface area contributed by atoms with Gasteiger partial charge in [-0.1, -0.05) is 12.1 Å². The van der Waals surface area contributed by atoms with Crippen LogP contribution >= 0.6 is 0 Å². The first-order valence-corrected chi connectivity index (χ1v) is 6.41. The molecule has 1 rings (SSSR count). The van der Waals surface area contributed by atoms with E-state index in [1.165, 1.54) is 0 Å². The fraction of sp³-hybridized carbons (Fsp3) is 0.500. The lowest BCUT2D eigenvalue weighted by Gasteiger charge is -2.16. The topological polar surface area (TPSA) is 62.4 Å². The number of nitrogens with zero attached hydrogens (tertiary/aromatic N) is 1. The molecular weight excluding hydrogens is 224 g/mol. The molecule has 0 saturated heterocycles. The van der Waals surface area contributed by atoms with Crippen LogP contribution in [0.5, 0.6) is 0 Å². The van der Waals surface area contributed by atoms with E-state index in [9.17, 15) is 0 Å². The number of aliphatic imine (C=N–C) groups is 1. The Hall–Kier alpha value is -1.55. The van der Waals surface area contributed by atoms with Crippen molar-refractivity contribution in [3.63, 3.8) is 0 Å². The highest BCUT2D eigenvalue weighted by Gasteiger charge is 2.03. The predicted octanol–water partition coefficient (Wildman–Crippen LogP) is 2.32. The van der Waals surface area contributed by atoms with Crippen LogP contribution in [0.25, 0.3) is 0 Å². The molecule has 4 N–H and O–H groups in total. The third kappa shape index (κ3) is 5.19. The fourth-order valence-corrected chi connectivity index (χ4v) is 1.50. The highest BCUT2D eigenvalue weighted by molar-refractivity contribution is 5.93. The number of anilines is 1. The van der Waals surface area contributed by atoms with Crippen molar-refractivity contribution in [1.82, 2.24) is 5.32 Å². The molecule has 0 bridgehead atoms. The monoisotopic (exact) mass is 248 g/mol. The molecule has 0 fully saturated rings. The van der Waals surface area contributed by atoms with E-state index in [0.717, 1.165) is 17.2 Å². The average Bonchev–Trinajstić information content (AvgIpc) is 2.28. The summed E-state index contributed by atoms with van der Waals surface area (Å²) in [5, 5.41) is 6.59. The highest BCUT2D eigenvalue weighted by atomic mass is 15.2. The first kappa shape index (κ1) is 14.5. The first-order chi connectivity index (χ1) is 8.51.